The Bertz CT molecular complexity index is 1170. The van der Waals surface area contributed by atoms with Crippen LogP contribution in [-0.2, 0) is 16.6 Å². The van der Waals surface area contributed by atoms with Crippen LogP contribution in [0.1, 0.15) is 25.7 Å². The number of nitrogens with one attached hydrogen (secondary N) is 1. The predicted octanol–water partition coefficient (Wildman–Crippen LogP) is 2.75. The van der Waals surface area contributed by atoms with E-state index in [1.54, 1.807) is 42.5 Å². The minimum atomic E-state index is -3.80. The van der Waals surface area contributed by atoms with Gasteiger partial charge in [-0.15, -0.1) is 11.3 Å². The van der Waals surface area contributed by atoms with Crippen LogP contribution in [-0.4, -0.2) is 37.2 Å². The zero-order valence-electron chi connectivity index (χ0n) is 15.2. The molecule has 29 heavy (non-hydrogen) atoms. The van der Waals surface area contributed by atoms with E-state index in [1.807, 2.05) is 0 Å². The van der Waals surface area contributed by atoms with E-state index in [9.17, 15) is 18.0 Å². The number of amides is 2. The second-order valence-corrected chi connectivity index (χ2v) is 9.23. The smallest absolute Gasteiger partial charge is 0.280 e. The molecule has 0 fully saturated rings. The second-order valence-electron chi connectivity index (χ2n) is 6.15. The highest BCUT2D eigenvalue weighted by molar-refractivity contribution is 7.94. The van der Waals surface area contributed by atoms with Gasteiger partial charge in [-0.1, -0.05) is 0 Å². The van der Waals surface area contributed by atoms with E-state index in [4.69, 9.17) is 4.74 Å². The maximum atomic E-state index is 12.6. The van der Waals surface area contributed by atoms with Gasteiger partial charge in [0.25, 0.3) is 21.8 Å². The van der Waals surface area contributed by atoms with Gasteiger partial charge in [-0.25, -0.2) is 8.42 Å². The van der Waals surface area contributed by atoms with Crippen molar-refractivity contribution in [3.05, 3.63) is 70.9 Å². The van der Waals surface area contributed by atoms with Crippen molar-refractivity contribution in [3.8, 4) is 5.75 Å². The molecule has 0 saturated heterocycles. The fourth-order valence-electron chi connectivity index (χ4n) is 2.87. The molecule has 2 aromatic heterocycles. The van der Waals surface area contributed by atoms with E-state index in [2.05, 4.69) is 9.71 Å². The maximum Gasteiger partial charge on any atom is 0.280 e. The number of carbonyl (C=O) groups excluding carboxylic acids is 2. The number of pyridine rings is 1. The van der Waals surface area contributed by atoms with E-state index >= 15 is 0 Å². The zero-order valence-corrected chi connectivity index (χ0v) is 16.8. The number of rotatable bonds is 6. The van der Waals surface area contributed by atoms with Gasteiger partial charge in [0.2, 0.25) is 0 Å². The Labute approximate surface area is 170 Å². The Morgan fingerprint density at radius 3 is 2.52 bits per heavy atom. The van der Waals surface area contributed by atoms with Crippen molar-refractivity contribution in [3.63, 3.8) is 0 Å². The number of carbonyl (C=O) groups is 2. The number of methoxy groups -OCH3 is 1. The minimum absolute atomic E-state index is 0.0171. The number of benzene rings is 1. The number of fused-ring (bicyclic) bond motifs is 1. The first-order chi connectivity index (χ1) is 13.9. The fourth-order valence-corrected chi connectivity index (χ4v) is 5.27. The molecule has 3 heterocycles. The Balaban J connectivity index is 1.51. The van der Waals surface area contributed by atoms with Crippen molar-refractivity contribution in [1.29, 1.82) is 0 Å². The topological polar surface area (TPSA) is 106 Å². The van der Waals surface area contributed by atoms with Crippen LogP contribution in [0.4, 0.5) is 5.69 Å². The van der Waals surface area contributed by atoms with E-state index in [0.29, 0.717) is 16.3 Å². The summed E-state index contributed by atoms with van der Waals surface area (Å²) >= 11 is 0.995. The first kappa shape index (κ1) is 19.1. The molecule has 1 N–H and O–H groups in total. The van der Waals surface area contributed by atoms with Gasteiger partial charge in [0.05, 0.1) is 19.2 Å². The standard InChI is InChI=1S/C19H15N3O5S2/c1-27-13-6-4-12(5-7-13)21-29(25,26)16-9-8-14(28-16)11-22-18(23)15-3-2-10-20-17(15)19(22)24/h2-10,21H,11H2,1H3. The zero-order chi connectivity index (χ0) is 20.6. The van der Waals surface area contributed by atoms with Gasteiger partial charge >= 0.3 is 0 Å². The lowest BCUT2D eigenvalue weighted by atomic mass is 10.2. The Hall–Kier alpha value is -3.24. The van der Waals surface area contributed by atoms with Gasteiger partial charge in [-0.3, -0.25) is 24.2 Å². The lowest BCUT2D eigenvalue weighted by Crippen LogP contribution is -2.28. The number of hydrogen-bond donors (Lipinski definition) is 1. The van der Waals surface area contributed by atoms with Crippen molar-refractivity contribution >= 4 is 38.9 Å². The highest BCUT2D eigenvalue weighted by Gasteiger charge is 2.36. The number of anilines is 1. The van der Waals surface area contributed by atoms with E-state index in [0.717, 1.165) is 16.2 Å². The Morgan fingerprint density at radius 2 is 1.83 bits per heavy atom. The molecule has 0 bridgehead atoms. The summed E-state index contributed by atoms with van der Waals surface area (Å²) in [4.78, 5) is 30.4. The third-order valence-corrected chi connectivity index (χ3v) is 7.23. The van der Waals surface area contributed by atoms with E-state index in [1.165, 1.54) is 19.4 Å². The lowest BCUT2D eigenvalue weighted by molar-refractivity contribution is 0.0642. The average molecular weight is 429 g/mol. The molecule has 0 atom stereocenters. The van der Waals surface area contributed by atoms with Crippen LogP contribution in [0.15, 0.2) is 58.9 Å². The summed E-state index contributed by atoms with van der Waals surface area (Å²) in [7, 11) is -2.27. The molecule has 148 valence electrons. The summed E-state index contributed by atoms with van der Waals surface area (Å²) in [6, 6.07) is 12.7. The number of sulfonamides is 1. The number of ether oxygens (including phenoxy) is 1. The van der Waals surface area contributed by atoms with Crippen LogP contribution in [0.3, 0.4) is 0 Å². The largest absolute Gasteiger partial charge is 0.497 e. The van der Waals surface area contributed by atoms with Crippen molar-refractivity contribution in [2.75, 3.05) is 11.8 Å². The Kier molecular flexibility index (Phi) is 4.81. The first-order valence-corrected chi connectivity index (χ1v) is 10.8. The molecule has 0 aliphatic carbocycles. The summed E-state index contributed by atoms with van der Waals surface area (Å²) in [5.41, 5.74) is 0.762. The highest BCUT2D eigenvalue weighted by Crippen LogP contribution is 2.28. The Morgan fingerprint density at radius 1 is 1.07 bits per heavy atom. The summed E-state index contributed by atoms with van der Waals surface area (Å²) < 4.78 is 32.9. The molecule has 4 rings (SSSR count). The second kappa shape index (κ2) is 7.30. The van der Waals surface area contributed by atoms with Crippen molar-refractivity contribution < 1.29 is 22.7 Å². The summed E-state index contributed by atoms with van der Waals surface area (Å²) in [6.45, 7) is -0.0171. The van der Waals surface area contributed by atoms with Gasteiger partial charge < -0.3 is 4.74 Å². The summed E-state index contributed by atoms with van der Waals surface area (Å²) in [5, 5.41) is 0. The highest BCUT2D eigenvalue weighted by atomic mass is 32.2. The number of hydrogen-bond acceptors (Lipinski definition) is 7. The third kappa shape index (κ3) is 3.59. The van der Waals surface area contributed by atoms with Crippen LogP contribution in [0.25, 0.3) is 0 Å². The summed E-state index contributed by atoms with van der Waals surface area (Å²) in [6.07, 6.45) is 1.45. The van der Waals surface area contributed by atoms with Crippen molar-refractivity contribution in [2.24, 2.45) is 0 Å². The monoisotopic (exact) mass is 429 g/mol. The molecule has 1 aliphatic heterocycles. The molecule has 0 unspecified atom stereocenters. The fraction of sp³-hybridized carbons (Fsp3) is 0.105. The number of aromatic nitrogens is 1. The van der Waals surface area contributed by atoms with Crippen LogP contribution < -0.4 is 9.46 Å². The van der Waals surface area contributed by atoms with Crippen molar-refractivity contribution in [1.82, 2.24) is 9.88 Å². The molecule has 0 saturated carbocycles. The summed E-state index contributed by atoms with van der Waals surface area (Å²) in [5.74, 6) is -0.311. The maximum absolute atomic E-state index is 12.6. The third-order valence-electron chi connectivity index (χ3n) is 4.29. The quantitative estimate of drug-likeness (QED) is 0.604. The van der Waals surface area contributed by atoms with Crippen molar-refractivity contribution in [2.45, 2.75) is 10.8 Å². The molecule has 1 aliphatic rings. The van der Waals surface area contributed by atoms with E-state index in [-0.39, 0.29) is 22.0 Å². The molecule has 0 radical (unpaired) electrons. The van der Waals surface area contributed by atoms with Gasteiger partial charge in [-0.05, 0) is 48.5 Å². The van der Waals surface area contributed by atoms with Crippen LogP contribution in [0, 0.1) is 0 Å². The van der Waals surface area contributed by atoms with E-state index < -0.39 is 21.8 Å². The number of imide groups is 1. The molecule has 10 heteroatoms. The molecular formula is C19H15N3O5S2. The molecule has 8 nitrogen and oxygen atoms in total. The average Bonchev–Trinajstić information content (AvgIpc) is 3.29. The van der Waals surface area contributed by atoms with Gasteiger partial charge in [-0.2, -0.15) is 0 Å². The van der Waals surface area contributed by atoms with Crippen LogP contribution in [0.5, 0.6) is 5.75 Å². The normalized spacial score (nSPS) is 13.5. The van der Waals surface area contributed by atoms with Crippen LogP contribution >= 0.6 is 11.3 Å². The van der Waals surface area contributed by atoms with Gasteiger partial charge in [0, 0.05) is 16.8 Å². The van der Waals surface area contributed by atoms with Gasteiger partial charge in [0.1, 0.15) is 15.7 Å². The number of nitrogens with zero attached hydrogens (tertiary/aromatic N) is 2. The SMILES string of the molecule is COc1ccc(NS(=O)(=O)c2ccc(CN3C(=O)c4cccnc4C3=O)s2)cc1. The molecule has 2 amide bonds. The molecule has 3 aromatic rings. The van der Waals surface area contributed by atoms with Crippen LogP contribution in [0.2, 0.25) is 0 Å². The lowest BCUT2D eigenvalue weighted by Gasteiger charge is -2.11. The molecule has 1 aromatic carbocycles. The number of thiophene rings is 1. The first-order valence-electron chi connectivity index (χ1n) is 8.46. The minimum Gasteiger partial charge on any atom is -0.497 e. The molecule has 0 spiro atoms. The molecular weight excluding hydrogens is 414 g/mol. The van der Waals surface area contributed by atoms with Gasteiger partial charge in [0.15, 0.2) is 0 Å². The predicted molar refractivity (Wildman–Crippen MR) is 107 cm³/mol.